The van der Waals surface area contributed by atoms with E-state index < -0.39 is 0 Å². The van der Waals surface area contributed by atoms with Crippen LogP contribution in [0, 0.1) is 0 Å². The molecular formula is C12H19N3O. The van der Waals surface area contributed by atoms with Gasteiger partial charge in [0, 0.05) is 32.4 Å². The van der Waals surface area contributed by atoms with Crippen LogP contribution in [0.1, 0.15) is 13.8 Å². The van der Waals surface area contributed by atoms with Gasteiger partial charge >= 0.3 is 0 Å². The van der Waals surface area contributed by atoms with Crippen LogP contribution in [0.4, 0.5) is 5.82 Å². The van der Waals surface area contributed by atoms with Crippen LogP contribution >= 0.6 is 0 Å². The normalized spacial score (nSPS) is 16.6. The van der Waals surface area contributed by atoms with E-state index >= 15 is 0 Å². The molecule has 1 aromatic rings. The van der Waals surface area contributed by atoms with Crippen molar-refractivity contribution in [2.45, 2.75) is 20.0 Å². The van der Waals surface area contributed by atoms with E-state index in [1.807, 2.05) is 32.2 Å². The van der Waals surface area contributed by atoms with Crippen LogP contribution in [0.3, 0.4) is 0 Å². The van der Waals surface area contributed by atoms with Crippen molar-refractivity contribution in [3.8, 4) is 5.75 Å². The van der Waals surface area contributed by atoms with Crippen molar-refractivity contribution in [3.05, 3.63) is 18.3 Å². The third-order valence-electron chi connectivity index (χ3n) is 2.53. The largest absolute Gasteiger partial charge is 0.487 e. The fourth-order valence-corrected chi connectivity index (χ4v) is 1.84. The van der Waals surface area contributed by atoms with Gasteiger partial charge in [-0.15, -0.1) is 0 Å². The number of aromatic nitrogens is 1. The number of hydrogen-bond donors (Lipinski definition) is 1. The molecule has 1 saturated heterocycles. The van der Waals surface area contributed by atoms with Crippen LogP contribution in [0.25, 0.3) is 0 Å². The Hall–Kier alpha value is -1.29. The minimum absolute atomic E-state index is 0.186. The summed E-state index contributed by atoms with van der Waals surface area (Å²) in [5.74, 6) is 1.86. The maximum atomic E-state index is 5.77. The van der Waals surface area contributed by atoms with Crippen molar-refractivity contribution in [2.24, 2.45) is 0 Å². The summed E-state index contributed by atoms with van der Waals surface area (Å²) in [5, 5.41) is 3.33. The number of rotatable bonds is 3. The highest BCUT2D eigenvalue weighted by Crippen LogP contribution is 2.26. The zero-order valence-electron chi connectivity index (χ0n) is 9.94. The van der Waals surface area contributed by atoms with Crippen LogP contribution in [0.2, 0.25) is 0 Å². The van der Waals surface area contributed by atoms with Gasteiger partial charge in [-0.25, -0.2) is 4.98 Å². The first-order chi connectivity index (χ1) is 7.77. The number of ether oxygens (including phenoxy) is 1. The maximum absolute atomic E-state index is 5.77. The van der Waals surface area contributed by atoms with Gasteiger partial charge in [-0.1, -0.05) is 0 Å². The second-order valence-corrected chi connectivity index (χ2v) is 4.23. The Balaban J connectivity index is 2.17. The highest BCUT2D eigenvalue weighted by molar-refractivity contribution is 5.52. The van der Waals surface area contributed by atoms with Crippen molar-refractivity contribution < 1.29 is 4.74 Å². The third-order valence-corrected chi connectivity index (χ3v) is 2.53. The van der Waals surface area contributed by atoms with E-state index in [0.29, 0.717) is 0 Å². The Morgan fingerprint density at radius 1 is 1.38 bits per heavy atom. The molecule has 0 radical (unpaired) electrons. The standard InChI is InChI=1S/C12H19N3O/c1-10(2)16-11-4-3-5-14-12(11)15-8-6-13-7-9-15/h3-5,10,13H,6-9H2,1-2H3. The van der Waals surface area contributed by atoms with Crippen LogP contribution in [-0.2, 0) is 0 Å². The van der Waals surface area contributed by atoms with Crippen molar-refractivity contribution in [1.29, 1.82) is 0 Å². The quantitative estimate of drug-likeness (QED) is 0.834. The first-order valence-electron chi connectivity index (χ1n) is 5.84. The molecule has 0 unspecified atom stereocenters. The van der Waals surface area contributed by atoms with Crippen LogP contribution in [0.15, 0.2) is 18.3 Å². The Bertz CT molecular complexity index is 335. The smallest absolute Gasteiger partial charge is 0.171 e. The zero-order chi connectivity index (χ0) is 11.4. The van der Waals surface area contributed by atoms with E-state index in [0.717, 1.165) is 37.7 Å². The molecule has 16 heavy (non-hydrogen) atoms. The molecule has 4 heteroatoms. The minimum atomic E-state index is 0.186. The lowest BCUT2D eigenvalue weighted by Gasteiger charge is -2.29. The number of piperazine rings is 1. The molecule has 88 valence electrons. The molecule has 4 nitrogen and oxygen atoms in total. The van der Waals surface area contributed by atoms with Crippen molar-refractivity contribution in [3.63, 3.8) is 0 Å². The van der Waals surface area contributed by atoms with Crippen molar-refractivity contribution in [2.75, 3.05) is 31.1 Å². The van der Waals surface area contributed by atoms with Gasteiger partial charge in [-0.2, -0.15) is 0 Å². The van der Waals surface area contributed by atoms with Gasteiger partial charge in [0.1, 0.15) is 0 Å². The molecule has 0 aromatic carbocycles. The van der Waals surface area contributed by atoms with Crippen LogP contribution in [-0.4, -0.2) is 37.3 Å². The minimum Gasteiger partial charge on any atom is -0.487 e. The first-order valence-corrected chi connectivity index (χ1v) is 5.84. The lowest BCUT2D eigenvalue weighted by Crippen LogP contribution is -2.44. The summed E-state index contributed by atoms with van der Waals surface area (Å²) in [5.41, 5.74) is 0. The number of pyridine rings is 1. The molecule has 2 heterocycles. The predicted molar refractivity (Wildman–Crippen MR) is 65.1 cm³/mol. The lowest BCUT2D eigenvalue weighted by molar-refractivity contribution is 0.241. The zero-order valence-corrected chi connectivity index (χ0v) is 9.94. The molecular weight excluding hydrogens is 202 g/mol. The number of nitrogens with one attached hydrogen (secondary N) is 1. The summed E-state index contributed by atoms with van der Waals surface area (Å²) in [4.78, 5) is 6.70. The fraction of sp³-hybridized carbons (Fsp3) is 0.583. The van der Waals surface area contributed by atoms with Gasteiger partial charge < -0.3 is 15.0 Å². The van der Waals surface area contributed by atoms with E-state index in [1.165, 1.54) is 0 Å². The molecule has 1 fully saturated rings. The summed E-state index contributed by atoms with van der Waals surface area (Å²) in [6.45, 7) is 8.08. The Kier molecular flexibility index (Phi) is 3.62. The molecule has 0 spiro atoms. The van der Waals surface area contributed by atoms with Crippen molar-refractivity contribution in [1.82, 2.24) is 10.3 Å². The second-order valence-electron chi connectivity index (χ2n) is 4.23. The molecule has 2 rings (SSSR count). The van der Waals surface area contributed by atoms with Gasteiger partial charge in [-0.05, 0) is 26.0 Å². The molecule has 1 aliphatic rings. The predicted octanol–water partition coefficient (Wildman–Crippen LogP) is 1.28. The molecule has 1 N–H and O–H groups in total. The SMILES string of the molecule is CC(C)Oc1cccnc1N1CCNCC1. The van der Waals surface area contributed by atoms with E-state index in [4.69, 9.17) is 4.74 Å². The average Bonchev–Trinajstić information content (AvgIpc) is 2.30. The molecule has 1 aliphatic heterocycles. The number of anilines is 1. The van der Waals surface area contributed by atoms with E-state index in [1.54, 1.807) is 0 Å². The fourth-order valence-electron chi connectivity index (χ4n) is 1.84. The van der Waals surface area contributed by atoms with Gasteiger partial charge in [0.25, 0.3) is 0 Å². The van der Waals surface area contributed by atoms with Crippen LogP contribution in [0.5, 0.6) is 5.75 Å². The topological polar surface area (TPSA) is 37.4 Å². The van der Waals surface area contributed by atoms with E-state index in [2.05, 4.69) is 15.2 Å². The van der Waals surface area contributed by atoms with Crippen LogP contribution < -0.4 is 15.0 Å². The Morgan fingerprint density at radius 3 is 2.81 bits per heavy atom. The summed E-state index contributed by atoms with van der Waals surface area (Å²) in [6, 6.07) is 3.91. The number of hydrogen-bond acceptors (Lipinski definition) is 4. The summed E-state index contributed by atoms with van der Waals surface area (Å²) in [7, 11) is 0. The molecule has 1 aromatic heterocycles. The van der Waals surface area contributed by atoms with Gasteiger partial charge in [0.2, 0.25) is 0 Å². The van der Waals surface area contributed by atoms with Gasteiger partial charge in [-0.3, -0.25) is 0 Å². The maximum Gasteiger partial charge on any atom is 0.171 e. The van der Waals surface area contributed by atoms with E-state index in [9.17, 15) is 0 Å². The van der Waals surface area contributed by atoms with Crippen molar-refractivity contribution >= 4 is 5.82 Å². The first kappa shape index (κ1) is 11.2. The van der Waals surface area contributed by atoms with Gasteiger partial charge in [0.15, 0.2) is 11.6 Å². The summed E-state index contributed by atoms with van der Waals surface area (Å²) >= 11 is 0. The molecule has 0 saturated carbocycles. The molecule has 0 atom stereocenters. The third kappa shape index (κ3) is 2.64. The summed E-state index contributed by atoms with van der Waals surface area (Å²) < 4.78 is 5.77. The molecule has 0 bridgehead atoms. The highest BCUT2D eigenvalue weighted by Gasteiger charge is 2.16. The van der Waals surface area contributed by atoms with E-state index in [-0.39, 0.29) is 6.10 Å². The molecule has 0 aliphatic carbocycles. The molecule has 0 amide bonds. The second kappa shape index (κ2) is 5.16. The Morgan fingerprint density at radius 2 is 2.12 bits per heavy atom. The summed E-state index contributed by atoms with van der Waals surface area (Å²) in [6.07, 6.45) is 2.01. The monoisotopic (exact) mass is 221 g/mol. The lowest BCUT2D eigenvalue weighted by atomic mass is 10.3. The number of nitrogens with zero attached hydrogens (tertiary/aromatic N) is 2. The average molecular weight is 221 g/mol. The Labute approximate surface area is 96.6 Å². The van der Waals surface area contributed by atoms with Gasteiger partial charge in [0.05, 0.1) is 6.10 Å². The highest BCUT2D eigenvalue weighted by atomic mass is 16.5.